The van der Waals surface area contributed by atoms with Crippen LogP contribution in [0.2, 0.25) is 0 Å². The molecule has 0 saturated heterocycles. The van der Waals surface area contributed by atoms with Crippen molar-refractivity contribution in [1.29, 1.82) is 0 Å². The minimum atomic E-state index is -0.880. The maximum absolute atomic E-state index is 11.6. The predicted molar refractivity (Wildman–Crippen MR) is 85.3 cm³/mol. The number of H-pyrrole nitrogens is 1. The van der Waals surface area contributed by atoms with Gasteiger partial charge in [-0.05, 0) is 54.5 Å². The van der Waals surface area contributed by atoms with Crippen LogP contribution in [0.25, 0.3) is 10.9 Å². The Labute approximate surface area is 124 Å². The van der Waals surface area contributed by atoms with E-state index in [2.05, 4.69) is 41.4 Å². The van der Waals surface area contributed by atoms with Crippen LogP contribution in [-0.2, 0) is 12.0 Å². The first kappa shape index (κ1) is 12.7. The summed E-state index contributed by atoms with van der Waals surface area (Å²) in [5.41, 5.74) is 3.59. The lowest BCUT2D eigenvalue weighted by molar-refractivity contribution is 0.0720. The average molecular weight is 277 g/mol. The van der Waals surface area contributed by atoms with Crippen molar-refractivity contribution in [3.05, 3.63) is 71.4 Å². The van der Waals surface area contributed by atoms with Crippen molar-refractivity contribution in [2.24, 2.45) is 0 Å². The molecular formula is C19H19NO. The summed E-state index contributed by atoms with van der Waals surface area (Å²) >= 11 is 0. The van der Waals surface area contributed by atoms with E-state index in [4.69, 9.17) is 0 Å². The molecule has 106 valence electrons. The molecular weight excluding hydrogens is 258 g/mol. The zero-order chi connectivity index (χ0) is 14.3. The van der Waals surface area contributed by atoms with Crippen molar-refractivity contribution in [2.75, 3.05) is 0 Å². The predicted octanol–water partition coefficient (Wildman–Crippen LogP) is 4.13. The van der Waals surface area contributed by atoms with Gasteiger partial charge < -0.3 is 10.1 Å². The molecule has 2 heteroatoms. The minimum Gasteiger partial charge on any atom is -0.380 e. The van der Waals surface area contributed by atoms with Gasteiger partial charge in [-0.1, -0.05) is 36.4 Å². The molecule has 2 N–H and O–H groups in total. The van der Waals surface area contributed by atoms with Gasteiger partial charge in [0.05, 0.1) is 0 Å². The van der Waals surface area contributed by atoms with E-state index >= 15 is 0 Å². The molecule has 1 aliphatic carbocycles. The fourth-order valence-corrected chi connectivity index (χ4v) is 3.70. The SMILES string of the molecule is OC1(c2cccc3[nH]ccc23)CCCCc2ccccc21. The van der Waals surface area contributed by atoms with E-state index < -0.39 is 5.60 Å². The number of hydrogen-bond donors (Lipinski definition) is 2. The van der Waals surface area contributed by atoms with Gasteiger partial charge in [0, 0.05) is 17.1 Å². The molecule has 0 saturated carbocycles. The number of rotatable bonds is 1. The first-order valence-electron chi connectivity index (χ1n) is 7.66. The Hall–Kier alpha value is -2.06. The molecule has 1 atom stereocenters. The molecule has 3 aromatic rings. The molecule has 0 radical (unpaired) electrons. The normalized spacial score (nSPS) is 22.0. The van der Waals surface area contributed by atoms with Gasteiger partial charge in [-0.3, -0.25) is 0 Å². The van der Waals surface area contributed by atoms with Crippen LogP contribution in [0.1, 0.15) is 36.0 Å². The largest absolute Gasteiger partial charge is 0.380 e. The lowest BCUT2D eigenvalue weighted by Crippen LogP contribution is -2.27. The summed E-state index contributed by atoms with van der Waals surface area (Å²) in [6.45, 7) is 0. The standard InChI is InChI=1S/C19H19NO/c21-19(17-9-5-10-18-15(17)11-13-20-18)12-4-3-7-14-6-1-2-8-16(14)19/h1-2,5-6,8-11,13,20-21H,3-4,7,12H2. The van der Waals surface area contributed by atoms with Crippen molar-refractivity contribution >= 4 is 10.9 Å². The van der Waals surface area contributed by atoms with Crippen molar-refractivity contribution in [2.45, 2.75) is 31.3 Å². The zero-order valence-electron chi connectivity index (χ0n) is 12.0. The van der Waals surface area contributed by atoms with Gasteiger partial charge >= 0.3 is 0 Å². The minimum absolute atomic E-state index is 0.786. The van der Waals surface area contributed by atoms with E-state index in [9.17, 15) is 5.11 Å². The first-order valence-corrected chi connectivity index (χ1v) is 7.66. The van der Waals surface area contributed by atoms with E-state index in [1.807, 2.05) is 18.3 Å². The molecule has 0 fully saturated rings. The third kappa shape index (κ3) is 1.90. The highest BCUT2D eigenvalue weighted by Gasteiger charge is 2.35. The summed E-state index contributed by atoms with van der Waals surface area (Å²) in [4.78, 5) is 3.24. The van der Waals surface area contributed by atoms with Gasteiger partial charge in [-0.15, -0.1) is 0 Å². The van der Waals surface area contributed by atoms with E-state index in [0.29, 0.717) is 0 Å². The van der Waals surface area contributed by atoms with Crippen molar-refractivity contribution in [1.82, 2.24) is 4.98 Å². The smallest absolute Gasteiger partial charge is 0.116 e. The van der Waals surface area contributed by atoms with Crippen LogP contribution < -0.4 is 0 Å². The molecule has 1 unspecified atom stereocenters. The third-order valence-electron chi connectivity index (χ3n) is 4.74. The zero-order valence-corrected chi connectivity index (χ0v) is 12.0. The Morgan fingerprint density at radius 1 is 0.905 bits per heavy atom. The number of aromatic nitrogens is 1. The number of benzene rings is 2. The summed E-state index contributed by atoms with van der Waals surface area (Å²) in [7, 11) is 0. The fourth-order valence-electron chi connectivity index (χ4n) is 3.70. The average Bonchev–Trinajstić information content (AvgIpc) is 2.93. The summed E-state index contributed by atoms with van der Waals surface area (Å²) in [6.07, 6.45) is 5.98. The summed E-state index contributed by atoms with van der Waals surface area (Å²) in [5.74, 6) is 0. The number of fused-ring (bicyclic) bond motifs is 2. The second kappa shape index (κ2) is 4.74. The Morgan fingerprint density at radius 2 is 1.76 bits per heavy atom. The molecule has 0 bridgehead atoms. The molecule has 0 spiro atoms. The second-order valence-electron chi connectivity index (χ2n) is 5.97. The van der Waals surface area contributed by atoms with Crippen LogP contribution in [0.5, 0.6) is 0 Å². The summed E-state index contributed by atoms with van der Waals surface area (Å²) in [6, 6.07) is 16.6. The van der Waals surface area contributed by atoms with Crippen LogP contribution in [-0.4, -0.2) is 10.1 Å². The highest BCUT2D eigenvalue weighted by atomic mass is 16.3. The van der Waals surface area contributed by atoms with E-state index in [1.165, 1.54) is 5.56 Å². The fraction of sp³-hybridized carbons (Fsp3) is 0.263. The number of nitrogens with one attached hydrogen (secondary N) is 1. The second-order valence-corrected chi connectivity index (χ2v) is 5.97. The lowest BCUT2D eigenvalue weighted by Gasteiger charge is -2.30. The Bertz CT molecular complexity index is 789. The maximum Gasteiger partial charge on any atom is 0.116 e. The van der Waals surface area contributed by atoms with Gasteiger partial charge in [-0.25, -0.2) is 0 Å². The van der Waals surface area contributed by atoms with E-state index in [0.717, 1.165) is 47.7 Å². The lowest BCUT2D eigenvalue weighted by atomic mass is 9.80. The molecule has 2 aromatic carbocycles. The number of hydrogen-bond acceptors (Lipinski definition) is 1. The molecule has 21 heavy (non-hydrogen) atoms. The quantitative estimate of drug-likeness (QED) is 0.645. The first-order chi connectivity index (χ1) is 10.3. The number of aryl methyl sites for hydroxylation is 1. The van der Waals surface area contributed by atoms with Crippen LogP contribution in [0.15, 0.2) is 54.7 Å². The summed E-state index contributed by atoms with van der Waals surface area (Å²) in [5, 5.41) is 12.7. The maximum atomic E-state index is 11.6. The van der Waals surface area contributed by atoms with Crippen molar-refractivity contribution in [3.63, 3.8) is 0 Å². The van der Waals surface area contributed by atoms with Gasteiger partial charge in [0.1, 0.15) is 5.60 Å². The van der Waals surface area contributed by atoms with Gasteiger partial charge in [-0.2, -0.15) is 0 Å². The van der Waals surface area contributed by atoms with E-state index in [-0.39, 0.29) is 0 Å². The van der Waals surface area contributed by atoms with Crippen molar-refractivity contribution < 1.29 is 5.11 Å². The Balaban J connectivity index is 1.99. The number of aliphatic hydroxyl groups is 1. The van der Waals surface area contributed by atoms with Crippen molar-refractivity contribution in [3.8, 4) is 0 Å². The molecule has 4 rings (SSSR count). The molecule has 1 heterocycles. The van der Waals surface area contributed by atoms with Gasteiger partial charge in [0.2, 0.25) is 0 Å². The molecule has 1 aromatic heterocycles. The summed E-state index contributed by atoms with van der Waals surface area (Å²) < 4.78 is 0. The molecule has 1 aliphatic rings. The van der Waals surface area contributed by atoms with E-state index in [1.54, 1.807) is 0 Å². The van der Waals surface area contributed by atoms with Gasteiger partial charge in [0.15, 0.2) is 0 Å². The van der Waals surface area contributed by atoms with Crippen LogP contribution in [0.4, 0.5) is 0 Å². The third-order valence-corrected chi connectivity index (χ3v) is 4.74. The molecule has 2 nitrogen and oxygen atoms in total. The topological polar surface area (TPSA) is 36.0 Å². The van der Waals surface area contributed by atoms with Crippen LogP contribution >= 0.6 is 0 Å². The van der Waals surface area contributed by atoms with Crippen LogP contribution in [0, 0.1) is 0 Å². The highest BCUT2D eigenvalue weighted by molar-refractivity contribution is 5.84. The molecule has 0 amide bonds. The monoisotopic (exact) mass is 277 g/mol. The molecule has 0 aliphatic heterocycles. The Kier molecular flexibility index (Phi) is 2.86. The number of aromatic amines is 1. The Morgan fingerprint density at radius 3 is 2.71 bits per heavy atom. The highest BCUT2D eigenvalue weighted by Crippen LogP contribution is 2.41. The van der Waals surface area contributed by atoms with Crippen LogP contribution in [0.3, 0.4) is 0 Å². The van der Waals surface area contributed by atoms with Gasteiger partial charge in [0.25, 0.3) is 0 Å².